The minimum absolute atomic E-state index is 0.00160. The van der Waals surface area contributed by atoms with Gasteiger partial charge in [0.2, 0.25) is 0 Å². The second-order valence-electron chi connectivity index (χ2n) is 4.67. The van der Waals surface area contributed by atoms with Crippen molar-refractivity contribution >= 4 is 0 Å². The van der Waals surface area contributed by atoms with Crippen LogP contribution < -0.4 is 5.32 Å². The monoisotopic (exact) mass is 209 g/mol. The van der Waals surface area contributed by atoms with Gasteiger partial charge < -0.3 is 10.4 Å². The second-order valence-corrected chi connectivity index (χ2v) is 4.67. The highest BCUT2D eigenvalue weighted by Gasteiger charge is 2.41. The third-order valence-corrected chi connectivity index (χ3v) is 2.99. The van der Waals surface area contributed by atoms with Crippen molar-refractivity contribution in [1.82, 2.24) is 15.1 Å². The largest absolute Gasteiger partial charge is 0.394 e. The van der Waals surface area contributed by atoms with Gasteiger partial charge in [0.25, 0.3) is 0 Å². The first-order valence-electron chi connectivity index (χ1n) is 5.55. The lowest BCUT2D eigenvalue weighted by atomic mass is 10.3. The molecule has 1 aliphatic carbocycles. The highest BCUT2D eigenvalue weighted by Crippen LogP contribution is 2.34. The van der Waals surface area contributed by atoms with Gasteiger partial charge >= 0.3 is 0 Å². The smallest absolute Gasteiger partial charge is 0.0762 e. The molecule has 15 heavy (non-hydrogen) atoms. The lowest BCUT2D eigenvalue weighted by Gasteiger charge is -2.12. The quantitative estimate of drug-likeness (QED) is 0.763. The molecule has 0 saturated heterocycles. The van der Waals surface area contributed by atoms with Crippen LogP contribution in [0, 0.1) is 0 Å². The van der Waals surface area contributed by atoms with Crippen LogP contribution in [0.5, 0.6) is 0 Å². The van der Waals surface area contributed by atoms with Gasteiger partial charge in [-0.25, -0.2) is 0 Å². The zero-order valence-electron chi connectivity index (χ0n) is 9.40. The van der Waals surface area contributed by atoms with E-state index in [2.05, 4.69) is 24.3 Å². The molecule has 84 valence electrons. The van der Waals surface area contributed by atoms with Crippen LogP contribution in [-0.2, 0) is 6.54 Å². The summed E-state index contributed by atoms with van der Waals surface area (Å²) in [7, 11) is 0. The topological polar surface area (TPSA) is 50.1 Å². The Morgan fingerprint density at radius 3 is 2.80 bits per heavy atom. The Kier molecular flexibility index (Phi) is 2.80. The normalized spacial score (nSPS) is 18.4. The Morgan fingerprint density at radius 2 is 2.33 bits per heavy atom. The molecule has 0 aliphatic heterocycles. The zero-order valence-corrected chi connectivity index (χ0v) is 9.40. The Balaban J connectivity index is 1.88. The number of hydrogen-bond acceptors (Lipinski definition) is 3. The Hall–Kier alpha value is -0.870. The van der Waals surface area contributed by atoms with Crippen LogP contribution in [0.4, 0.5) is 0 Å². The molecule has 0 atom stereocenters. The number of nitrogens with one attached hydrogen (secondary N) is 1. The summed E-state index contributed by atoms with van der Waals surface area (Å²) in [5.74, 6) is 0. The average molecular weight is 209 g/mol. The van der Waals surface area contributed by atoms with Crippen molar-refractivity contribution in [3.8, 4) is 0 Å². The van der Waals surface area contributed by atoms with Gasteiger partial charge in [0.05, 0.1) is 12.3 Å². The second kappa shape index (κ2) is 3.94. The molecule has 0 aromatic carbocycles. The fourth-order valence-electron chi connectivity index (χ4n) is 1.58. The highest BCUT2D eigenvalue weighted by molar-refractivity contribution is 5.05. The maximum atomic E-state index is 9.14. The average Bonchev–Trinajstić information content (AvgIpc) is 2.85. The van der Waals surface area contributed by atoms with E-state index in [1.54, 1.807) is 0 Å². The molecule has 2 rings (SSSR count). The Morgan fingerprint density at radius 1 is 1.60 bits per heavy atom. The van der Waals surface area contributed by atoms with E-state index in [1.807, 2.05) is 16.9 Å². The predicted molar refractivity (Wildman–Crippen MR) is 58.5 cm³/mol. The van der Waals surface area contributed by atoms with Crippen LogP contribution in [0.3, 0.4) is 0 Å². The summed E-state index contributed by atoms with van der Waals surface area (Å²) in [4.78, 5) is 0. The molecule has 2 N–H and O–H groups in total. The molecule has 0 bridgehead atoms. The summed E-state index contributed by atoms with van der Waals surface area (Å²) in [6.45, 7) is 5.21. The first-order chi connectivity index (χ1) is 7.15. The fraction of sp³-hybridized carbons (Fsp3) is 0.727. The van der Waals surface area contributed by atoms with Crippen LogP contribution in [0.15, 0.2) is 12.3 Å². The summed E-state index contributed by atoms with van der Waals surface area (Å²) >= 11 is 0. The van der Waals surface area contributed by atoms with Gasteiger partial charge in [-0.15, -0.1) is 0 Å². The van der Waals surface area contributed by atoms with Crippen molar-refractivity contribution in [1.29, 1.82) is 0 Å². The summed E-state index contributed by atoms with van der Waals surface area (Å²) < 4.78 is 1.95. The van der Waals surface area contributed by atoms with Crippen LogP contribution in [0.2, 0.25) is 0 Å². The zero-order chi connectivity index (χ0) is 10.9. The number of aliphatic hydroxyl groups excluding tert-OH is 1. The van der Waals surface area contributed by atoms with Crippen molar-refractivity contribution in [3.63, 3.8) is 0 Å². The van der Waals surface area contributed by atoms with Crippen LogP contribution in [0.25, 0.3) is 0 Å². The summed E-state index contributed by atoms with van der Waals surface area (Å²) in [5.41, 5.74) is 1.05. The van der Waals surface area contributed by atoms with Gasteiger partial charge in [-0.1, -0.05) is 0 Å². The number of hydrogen-bond donors (Lipinski definition) is 2. The molecule has 4 heteroatoms. The molecule has 0 amide bonds. The molecular formula is C11H19N3O. The molecule has 1 saturated carbocycles. The van der Waals surface area contributed by atoms with Gasteiger partial charge in [0, 0.05) is 24.3 Å². The van der Waals surface area contributed by atoms with E-state index in [0.717, 1.165) is 25.1 Å². The molecular weight excluding hydrogens is 190 g/mol. The van der Waals surface area contributed by atoms with E-state index in [4.69, 9.17) is 5.11 Å². The van der Waals surface area contributed by atoms with Crippen LogP contribution in [0.1, 0.15) is 38.4 Å². The highest BCUT2D eigenvalue weighted by atomic mass is 16.3. The number of rotatable bonds is 5. The third-order valence-electron chi connectivity index (χ3n) is 2.99. The third kappa shape index (κ3) is 2.38. The molecule has 4 nitrogen and oxygen atoms in total. The van der Waals surface area contributed by atoms with Gasteiger partial charge in [-0.2, -0.15) is 5.10 Å². The van der Waals surface area contributed by atoms with Crippen LogP contribution >= 0.6 is 0 Å². The van der Waals surface area contributed by atoms with Crippen molar-refractivity contribution in [2.45, 2.75) is 44.8 Å². The van der Waals surface area contributed by atoms with Gasteiger partial charge in [0.1, 0.15) is 0 Å². The lowest BCUT2D eigenvalue weighted by Crippen LogP contribution is -2.34. The Labute approximate surface area is 90.3 Å². The van der Waals surface area contributed by atoms with Crippen molar-refractivity contribution < 1.29 is 5.11 Å². The lowest BCUT2D eigenvalue weighted by molar-refractivity contribution is 0.229. The number of nitrogens with zero attached hydrogens (tertiary/aromatic N) is 2. The minimum atomic E-state index is 0.00160. The molecule has 1 fully saturated rings. The first kappa shape index (κ1) is 10.6. The maximum absolute atomic E-state index is 9.14. The van der Waals surface area contributed by atoms with E-state index in [-0.39, 0.29) is 12.1 Å². The van der Waals surface area contributed by atoms with E-state index >= 15 is 0 Å². The van der Waals surface area contributed by atoms with E-state index in [1.165, 1.54) is 0 Å². The predicted octanol–water partition coefficient (Wildman–Crippen LogP) is 1.08. The van der Waals surface area contributed by atoms with E-state index in [9.17, 15) is 0 Å². The van der Waals surface area contributed by atoms with Crippen molar-refractivity contribution in [3.05, 3.63) is 18.0 Å². The van der Waals surface area contributed by atoms with Crippen molar-refractivity contribution in [2.24, 2.45) is 0 Å². The van der Waals surface area contributed by atoms with Gasteiger partial charge in [-0.05, 0) is 32.8 Å². The summed E-state index contributed by atoms with van der Waals surface area (Å²) in [6, 6.07) is 2.44. The number of aliphatic hydroxyl groups is 1. The maximum Gasteiger partial charge on any atom is 0.0762 e. The molecule has 1 heterocycles. The first-order valence-corrected chi connectivity index (χ1v) is 5.55. The van der Waals surface area contributed by atoms with Gasteiger partial charge in [0.15, 0.2) is 0 Å². The van der Waals surface area contributed by atoms with E-state index < -0.39 is 0 Å². The molecule has 0 unspecified atom stereocenters. The summed E-state index contributed by atoms with van der Waals surface area (Å²) in [5, 5.41) is 16.9. The van der Waals surface area contributed by atoms with Gasteiger partial charge in [-0.3, -0.25) is 4.68 Å². The molecule has 0 radical (unpaired) electrons. The standard InChI is InChI=1S/C11H19N3O/c1-9(2)14-6-3-10(13-14)7-12-11(8-15)4-5-11/h3,6,9,12,15H,4-5,7-8H2,1-2H3. The number of aromatic nitrogens is 2. The van der Waals surface area contributed by atoms with Crippen LogP contribution in [-0.4, -0.2) is 27.0 Å². The molecule has 1 aromatic rings. The SMILES string of the molecule is CC(C)n1ccc(CNC2(CO)CC2)n1. The molecule has 1 aromatic heterocycles. The van der Waals surface area contributed by atoms with Crippen molar-refractivity contribution in [2.75, 3.05) is 6.61 Å². The Bertz CT molecular complexity index is 328. The minimum Gasteiger partial charge on any atom is -0.394 e. The summed E-state index contributed by atoms with van der Waals surface area (Å²) in [6.07, 6.45) is 4.16. The van der Waals surface area contributed by atoms with E-state index in [0.29, 0.717) is 6.04 Å². The fourth-order valence-corrected chi connectivity index (χ4v) is 1.58. The molecule has 1 aliphatic rings. The molecule has 0 spiro atoms.